The van der Waals surface area contributed by atoms with Gasteiger partial charge in [-0.1, -0.05) is 12.1 Å². The molecule has 9 nitrogen and oxygen atoms in total. The minimum atomic E-state index is -3.64. The summed E-state index contributed by atoms with van der Waals surface area (Å²) in [6, 6.07) is 4.41. The fourth-order valence-electron chi connectivity index (χ4n) is 2.57. The molecule has 0 fully saturated rings. The maximum Gasteiger partial charge on any atom is 0.339 e. The van der Waals surface area contributed by atoms with E-state index in [1.165, 1.54) is 24.3 Å². The number of carbonyl (C=O) groups is 3. The van der Waals surface area contributed by atoms with Crippen molar-refractivity contribution in [1.82, 2.24) is 10.6 Å². The number of nitrogens with one attached hydrogen (secondary N) is 2. The second-order valence-corrected chi connectivity index (χ2v) is 7.76. The lowest BCUT2D eigenvalue weighted by Gasteiger charge is -2.26. The zero-order valence-corrected chi connectivity index (χ0v) is 15.9. The van der Waals surface area contributed by atoms with Gasteiger partial charge in [0.2, 0.25) is 0 Å². The van der Waals surface area contributed by atoms with Crippen molar-refractivity contribution in [3.05, 3.63) is 41.1 Å². The number of benzene rings is 1. The maximum atomic E-state index is 12.4. The second-order valence-electron chi connectivity index (χ2n) is 5.78. The molecular formula is C17H20N2O7S. The summed E-state index contributed by atoms with van der Waals surface area (Å²) in [5.74, 6) is -1.55. The quantitative estimate of drug-likeness (QED) is 0.680. The summed E-state index contributed by atoms with van der Waals surface area (Å²) in [7, 11) is -3.64. The van der Waals surface area contributed by atoms with Gasteiger partial charge in [-0.05, 0) is 26.0 Å². The Kier molecular flexibility index (Phi) is 6.21. The van der Waals surface area contributed by atoms with Crippen LogP contribution in [0.4, 0.5) is 4.79 Å². The third kappa shape index (κ3) is 4.85. The lowest BCUT2D eigenvalue weighted by atomic mass is 10.0. The Morgan fingerprint density at radius 3 is 2.44 bits per heavy atom. The van der Waals surface area contributed by atoms with Gasteiger partial charge >= 0.3 is 18.0 Å². The second kappa shape index (κ2) is 8.21. The molecule has 0 aliphatic carbocycles. The molecule has 27 heavy (non-hydrogen) atoms. The number of hydrogen-bond acceptors (Lipinski definition) is 7. The molecule has 10 heteroatoms. The van der Waals surface area contributed by atoms with E-state index >= 15 is 0 Å². The van der Waals surface area contributed by atoms with E-state index in [4.69, 9.17) is 9.47 Å². The standard InChI is InChI=1S/C17H20N2O7S/c1-4-25-16(21)14-10(2)18-17(22)19-12(14)9-26-15(20)11-7-5-6-8-13(11)27(3,23)24/h5-8,10H,4,9H2,1-3H3,(H2,18,19,22)/t10-/m1/s1. The Labute approximate surface area is 156 Å². The van der Waals surface area contributed by atoms with E-state index in [9.17, 15) is 22.8 Å². The van der Waals surface area contributed by atoms with Gasteiger partial charge in [0.1, 0.15) is 6.61 Å². The Bertz CT molecular complexity index is 906. The molecule has 2 rings (SSSR count). The van der Waals surface area contributed by atoms with E-state index in [1.807, 2.05) is 0 Å². The number of hydrogen-bond donors (Lipinski definition) is 2. The van der Waals surface area contributed by atoms with Gasteiger partial charge in [-0.3, -0.25) is 0 Å². The number of urea groups is 1. The van der Waals surface area contributed by atoms with E-state index < -0.39 is 40.5 Å². The zero-order chi connectivity index (χ0) is 20.2. The van der Waals surface area contributed by atoms with Gasteiger partial charge in [-0.2, -0.15) is 0 Å². The molecule has 2 amide bonds. The van der Waals surface area contributed by atoms with Gasteiger partial charge in [-0.25, -0.2) is 22.8 Å². The molecule has 0 saturated heterocycles. The fraction of sp³-hybridized carbons (Fsp3) is 0.353. The van der Waals surface area contributed by atoms with Crippen LogP contribution in [0.15, 0.2) is 40.4 Å². The highest BCUT2D eigenvalue weighted by Gasteiger charge is 2.30. The van der Waals surface area contributed by atoms with Crippen LogP contribution in [0.2, 0.25) is 0 Å². The summed E-state index contributed by atoms with van der Waals surface area (Å²) in [4.78, 5) is 36.0. The molecule has 0 unspecified atom stereocenters. The molecule has 1 aromatic carbocycles. The third-order valence-corrected chi connectivity index (χ3v) is 4.87. The Balaban J connectivity index is 2.28. The van der Waals surface area contributed by atoms with Gasteiger partial charge in [0, 0.05) is 6.26 Å². The topological polar surface area (TPSA) is 128 Å². The van der Waals surface area contributed by atoms with Crippen molar-refractivity contribution in [2.45, 2.75) is 24.8 Å². The van der Waals surface area contributed by atoms with E-state index in [0.717, 1.165) is 6.26 Å². The largest absolute Gasteiger partial charge is 0.463 e. The van der Waals surface area contributed by atoms with Crippen LogP contribution in [0.25, 0.3) is 0 Å². The highest BCUT2D eigenvalue weighted by atomic mass is 32.2. The highest BCUT2D eigenvalue weighted by Crippen LogP contribution is 2.18. The van der Waals surface area contributed by atoms with E-state index in [1.54, 1.807) is 13.8 Å². The van der Waals surface area contributed by atoms with Gasteiger partial charge in [0.15, 0.2) is 9.84 Å². The van der Waals surface area contributed by atoms with Crippen LogP contribution in [0.1, 0.15) is 24.2 Å². The third-order valence-electron chi connectivity index (χ3n) is 3.72. The van der Waals surface area contributed by atoms with E-state index in [-0.39, 0.29) is 28.3 Å². The fourth-order valence-corrected chi connectivity index (χ4v) is 3.44. The van der Waals surface area contributed by atoms with Crippen molar-refractivity contribution in [2.24, 2.45) is 0 Å². The first-order valence-electron chi connectivity index (χ1n) is 8.09. The number of ether oxygens (including phenoxy) is 2. The van der Waals surface area contributed by atoms with Gasteiger partial charge in [0.05, 0.1) is 34.4 Å². The normalized spacial score (nSPS) is 17.0. The lowest BCUT2D eigenvalue weighted by molar-refractivity contribution is -0.139. The van der Waals surface area contributed by atoms with Crippen molar-refractivity contribution in [1.29, 1.82) is 0 Å². The first-order valence-corrected chi connectivity index (χ1v) is 9.98. The summed E-state index contributed by atoms with van der Waals surface area (Å²) in [6.45, 7) is 2.94. The summed E-state index contributed by atoms with van der Waals surface area (Å²) in [5.41, 5.74) is 0.0714. The molecular weight excluding hydrogens is 376 g/mol. The first kappa shape index (κ1) is 20.4. The Morgan fingerprint density at radius 1 is 1.15 bits per heavy atom. The molecule has 0 aromatic heterocycles. The van der Waals surface area contributed by atoms with Crippen LogP contribution in [0.5, 0.6) is 0 Å². The molecule has 1 heterocycles. The maximum absolute atomic E-state index is 12.4. The van der Waals surface area contributed by atoms with E-state index in [2.05, 4.69) is 10.6 Å². The van der Waals surface area contributed by atoms with Gasteiger partial charge < -0.3 is 20.1 Å². The Morgan fingerprint density at radius 2 is 1.81 bits per heavy atom. The van der Waals surface area contributed by atoms with Gasteiger partial charge in [0.25, 0.3) is 0 Å². The SMILES string of the molecule is CCOC(=O)C1=C(COC(=O)c2ccccc2S(C)(=O)=O)NC(=O)N[C@@H]1C. The van der Waals surface area contributed by atoms with Crippen LogP contribution in [-0.2, 0) is 24.1 Å². The zero-order valence-electron chi connectivity index (χ0n) is 15.1. The van der Waals surface area contributed by atoms with Crippen molar-refractivity contribution in [3.63, 3.8) is 0 Å². The lowest BCUT2D eigenvalue weighted by Crippen LogP contribution is -2.50. The molecule has 1 atom stereocenters. The average molecular weight is 396 g/mol. The van der Waals surface area contributed by atoms with Crippen molar-refractivity contribution < 1.29 is 32.3 Å². The molecule has 0 spiro atoms. The molecule has 146 valence electrons. The average Bonchev–Trinajstić information content (AvgIpc) is 2.58. The summed E-state index contributed by atoms with van der Waals surface area (Å²) in [6.07, 6.45) is 0.981. The molecule has 1 aliphatic rings. The number of amides is 2. The van der Waals surface area contributed by atoms with Crippen molar-refractivity contribution in [3.8, 4) is 0 Å². The first-order chi connectivity index (χ1) is 12.6. The summed E-state index contributed by atoms with van der Waals surface area (Å²) < 4.78 is 33.8. The minimum absolute atomic E-state index is 0.0786. The van der Waals surface area contributed by atoms with Crippen LogP contribution >= 0.6 is 0 Å². The monoisotopic (exact) mass is 396 g/mol. The van der Waals surface area contributed by atoms with Crippen LogP contribution < -0.4 is 10.6 Å². The number of rotatable bonds is 6. The molecule has 1 aliphatic heterocycles. The smallest absolute Gasteiger partial charge is 0.339 e. The Hall–Kier alpha value is -2.88. The number of carbonyl (C=O) groups excluding carboxylic acids is 3. The summed E-state index contributed by atoms with van der Waals surface area (Å²) in [5, 5.41) is 4.94. The highest BCUT2D eigenvalue weighted by molar-refractivity contribution is 7.90. The molecule has 0 radical (unpaired) electrons. The molecule has 2 N–H and O–H groups in total. The van der Waals surface area contributed by atoms with Crippen LogP contribution in [0, 0.1) is 0 Å². The predicted molar refractivity (Wildman–Crippen MR) is 94.6 cm³/mol. The predicted octanol–water partition coefficient (Wildman–Crippen LogP) is 0.765. The number of sulfone groups is 1. The molecule has 1 aromatic rings. The number of esters is 2. The minimum Gasteiger partial charge on any atom is -0.463 e. The molecule has 0 bridgehead atoms. The van der Waals surface area contributed by atoms with Crippen LogP contribution in [0.3, 0.4) is 0 Å². The summed E-state index contributed by atoms with van der Waals surface area (Å²) >= 11 is 0. The van der Waals surface area contributed by atoms with Crippen molar-refractivity contribution >= 4 is 27.8 Å². The molecule has 0 saturated carbocycles. The van der Waals surface area contributed by atoms with Crippen molar-refractivity contribution in [2.75, 3.05) is 19.5 Å². The van der Waals surface area contributed by atoms with Gasteiger partial charge in [-0.15, -0.1) is 0 Å². The van der Waals surface area contributed by atoms with Crippen LogP contribution in [-0.4, -0.2) is 51.9 Å². The van der Waals surface area contributed by atoms with E-state index in [0.29, 0.717) is 0 Å².